The number of ether oxygens (including phenoxy) is 1. The molecular formula is C20H17BrClNO3S. The molecule has 2 aromatic rings. The normalized spacial score (nSPS) is 15.7. The van der Waals surface area contributed by atoms with Crippen LogP contribution in [-0.4, -0.2) is 22.6 Å². The first-order chi connectivity index (χ1) is 13.0. The molecule has 0 unspecified atom stereocenters. The second kappa shape index (κ2) is 8.95. The average Bonchev–Trinajstić information content (AvgIpc) is 2.90. The molecule has 3 rings (SSSR count). The number of hydrogen-bond donors (Lipinski definition) is 0. The number of hydrogen-bond acceptors (Lipinski definition) is 4. The predicted octanol–water partition coefficient (Wildman–Crippen LogP) is 6.13. The molecule has 0 radical (unpaired) electrons. The van der Waals surface area contributed by atoms with Crippen molar-refractivity contribution in [2.24, 2.45) is 0 Å². The van der Waals surface area contributed by atoms with Gasteiger partial charge in [0, 0.05) is 27.2 Å². The van der Waals surface area contributed by atoms with Gasteiger partial charge in [0.1, 0.15) is 12.4 Å². The molecule has 0 atom stereocenters. The van der Waals surface area contributed by atoms with E-state index in [1.165, 1.54) is 4.90 Å². The smallest absolute Gasteiger partial charge is 0.293 e. The summed E-state index contributed by atoms with van der Waals surface area (Å²) in [4.78, 5) is 26.2. The van der Waals surface area contributed by atoms with E-state index in [0.29, 0.717) is 28.8 Å². The van der Waals surface area contributed by atoms with Crippen molar-refractivity contribution in [3.63, 3.8) is 0 Å². The average molecular weight is 467 g/mol. The molecule has 0 spiro atoms. The van der Waals surface area contributed by atoms with E-state index in [0.717, 1.165) is 33.8 Å². The third-order valence-electron chi connectivity index (χ3n) is 3.92. The van der Waals surface area contributed by atoms with Crippen LogP contribution in [0.3, 0.4) is 0 Å². The SMILES string of the molecule is CCCN1C(=O)S/C(=C/c2cc(Br)ccc2OCc2ccccc2Cl)C1=O. The van der Waals surface area contributed by atoms with Gasteiger partial charge in [-0.25, -0.2) is 0 Å². The van der Waals surface area contributed by atoms with E-state index in [2.05, 4.69) is 15.9 Å². The molecule has 1 saturated heterocycles. The van der Waals surface area contributed by atoms with Crippen LogP contribution < -0.4 is 4.74 Å². The lowest BCUT2D eigenvalue weighted by molar-refractivity contribution is -0.122. The summed E-state index contributed by atoms with van der Waals surface area (Å²) in [5, 5.41) is 0.401. The number of nitrogens with zero attached hydrogens (tertiary/aromatic N) is 1. The number of rotatable bonds is 6. The number of imide groups is 1. The lowest BCUT2D eigenvalue weighted by atomic mass is 10.1. The molecule has 4 nitrogen and oxygen atoms in total. The zero-order chi connectivity index (χ0) is 19.4. The van der Waals surface area contributed by atoms with Crippen LogP contribution in [0.2, 0.25) is 5.02 Å². The number of carbonyl (C=O) groups is 2. The Hall–Kier alpha value is -1.76. The van der Waals surface area contributed by atoms with Crippen molar-refractivity contribution in [3.05, 3.63) is 68.0 Å². The Bertz CT molecular complexity index is 916. The van der Waals surface area contributed by atoms with Crippen LogP contribution in [0.1, 0.15) is 24.5 Å². The molecule has 27 heavy (non-hydrogen) atoms. The molecule has 7 heteroatoms. The van der Waals surface area contributed by atoms with Crippen LogP contribution in [0.4, 0.5) is 4.79 Å². The van der Waals surface area contributed by atoms with E-state index in [4.69, 9.17) is 16.3 Å². The summed E-state index contributed by atoms with van der Waals surface area (Å²) in [6.07, 6.45) is 2.43. The summed E-state index contributed by atoms with van der Waals surface area (Å²) in [6.45, 7) is 2.66. The van der Waals surface area contributed by atoms with E-state index < -0.39 is 0 Å². The molecule has 1 heterocycles. The van der Waals surface area contributed by atoms with Crippen molar-refractivity contribution < 1.29 is 14.3 Å². The van der Waals surface area contributed by atoms with Gasteiger partial charge in [0.2, 0.25) is 0 Å². The van der Waals surface area contributed by atoms with Gasteiger partial charge in [0.25, 0.3) is 11.1 Å². The second-order valence-corrected chi connectivity index (χ2v) is 8.21. The van der Waals surface area contributed by atoms with Gasteiger partial charge in [-0.3, -0.25) is 14.5 Å². The fraction of sp³-hybridized carbons (Fsp3) is 0.200. The van der Waals surface area contributed by atoms with Crippen molar-refractivity contribution in [2.45, 2.75) is 20.0 Å². The van der Waals surface area contributed by atoms with E-state index in [1.54, 1.807) is 6.08 Å². The second-order valence-electron chi connectivity index (χ2n) is 5.90. The maximum absolute atomic E-state index is 12.5. The summed E-state index contributed by atoms with van der Waals surface area (Å²) < 4.78 is 6.79. The highest BCUT2D eigenvalue weighted by atomic mass is 79.9. The minimum Gasteiger partial charge on any atom is -0.488 e. The lowest BCUT2D eigenvalue weighted by Gasteiger charge is -2.12. The van der Waals surface area contributed by atoms with Crippen LogP contribution in [-0.2, 0) is 11.4 Å². The third-order valence-corrected chi connectivity index (χ3v) is 5.69. The highest BCUT2D eigenvalue weighted by molar-refractivity contribution is 9.10. The molecule has 0 bridgehead atoms. The van der Waals surface area contributed by atoms with Crippen LogP contribution in [0.15, 0.2) is 51.8 Å². The fourth-order valence-corrected chi connectivity index (χ4v) is 4.02. The highest BCUT2D eigenvalue weighted by Gasteiger charge is 2.34. The molecule has 0 aliphatic carbocycles. The number of benzene rings is 2. The van der Waals surface area contributed by atoms with Crippen molar-refractivity contribution in [3.8, 4) is 5.75 Å². The maximum atomic E-state index is 12.5. The topological polar surface area (TPSA) is 46.6 Å². The van der Waals surface area contributed by atoms with Crippen LogP contribution in [0.25, 0.3) is 6.08 Å². The Morgan fingerprint density at radius 1 is 1.22 bits per heavy atom. The Kier molecular flexibility index (Phi) is 6.63. The zero-order valence-corrected chi connectivity index (χ0v) is 17.7. The van der Waals surface area contributed by atoms with E-state index in [-0.39, 0.29) is 11.1 Å². The Morgan fingerprint density at radius 2 is 2.00 bits per heavy atom. The van der Waals surface area contributed by atoms with Gasteiger partial charge in [0.05, 0.1) is 4.91 Å². The monoisotopic (exact) mass is 465 g/mol. The number of amides is 2. The highest BCUT2D eigenvalue weighted by Crippen LogP contribution is 2.35. The Labute approximate surface area is 175 Å². The summed E-state index contributed by atoms with van der Waals surface area (Å²) in [5.74, 6) is 0.351. The number of halogens is 2. The minimum atomic E-state index is -0.260. The van der Waals surface area contributed by atoms with Gasteiger partial charge >= 0.3 is 0 Å². The van der Waals surface area contributed by atoms with Crippen molar-refractivity contribution >= 4 is 56.5 Å². The van der Waals surface area contributed by atoms with E-state index in [9.17, 15) is 9.59 Å². The largest absolute Gasteiger partial charge is 0.488 e. The molecule has 0 aromatic heterocycles. The van der Waals surface area contributed by atoms with Gasteiger partial charge in [-0.05, 0) is 48.5 Å². The first-order valence-electron chi connectivity index (χ1n) is 8.40. The van der Waals surface area contributed by atoms with Gasteiger partial charge < -0.3 is 4.74 Å². The van der Waals surface area contributed by atoms with Crippen molar-refractivity contribution in [1.82, 2.24) is 4.90 Å². The van der Waals surface area contributed by atoms with E-state index in [1.807, 2.05) is 49.4 Å². The fourth-order valence-electron chi connectivity index (χ4n) is 2.59. The van der Waals surface area contributed by atoms with Gasteiger partial charge in [-0.2, -0.15) is 0 Å². The van der Waals surface area contributed by atoms with Crippen molar-refractivity contribution in [2.75, 3.05) is 6.54 Å². The lowest BCUT2D eigenvalue weighted by Crippen LogP contribution is -2.28. The molecule has 1 fully saturated rings. The standard InChI is InChI=1S/C20H17BrClNO3S/c1-2-9-23-19(24)18(27-20(23)25)11-14-10-15(21)7-8-17(14)26-12-13-5-3-4-6-16(13)22/h3-8,10-11H,2,9,12H2,1H3/b18-11+. The van der Waals surface area contributed by atoms with Gasteiger partial charge in [-0.1, -0.05) is 52.7 Å². The molecule has 2 amide bonds. The van der Waals surface area contributed by atoms with Crippen LogP contribution in [0, 0.1) is 0 Å². The number of thioether (sulfide) groups is 1. The zero-order valence-electron chi connectivity index (χ0n) is 14.6. The first kappa shape index (κ1) is 20.0. The summed E-state index contributed by atoms with van der Waals surface area (Å²) in [5.41, 5.74) is 1.59. The third kappa shape index (κ3) is 4.75. The maximum Gasteiger partial charge on any atom is 0.293 e. The Balaban J connectivity index is 1.85. The molecule has 0 saturated carbocycles. The van der Waals surface area contributed by atoms with E-state index >= 15 is 0 Å². The molecular weight excluding hydrogens is 450 g/mol. The van der Waals surface area contributed by atoms with Crippen LogP contribution >= 0.6 is 39.3 Å². The molecule has 1 aliphatic rings. The molecule has 1 aliphatic heterocycles. The quantitative estimate of drug-likeness (QED) is 0.481. The first-order valence-corrected chi connectivity index (χ1v) is 10.4. The predicted molar refractivity (Wildman–Crippen MR) is 113 cm³/mol. The summed E-state index contributed by atoms with van der Waals surface area (Å²) in [7, 11) is 0. The van der Waals surface area contributed by atoms with Gasteiger partial charge in [0.15, 0.2) is 0 Å². The van der Waals surface area contributed by atoms with Crippen molar-refractivity contribution in [1.29, 1.82) is 0 Å². The van der Waals surface area contributed by atoms with Gasteiger partial charge in [-0.15, -0.1) is 0 Å². The molecule has 2 aromatic carbocycles. The van der Waals surface area contributed by atoms with Crippen LogP contribution in [0.5, 0.6) is 5.75 Å². The Morgan fingerprint density at radius 3 is 2.74 bits per heavy atom. The summed E-state index contributed by atoms with van der Waals surface area (Å²) in [6, 6.07) is 13.0. The molecule has 140 valence electrons. The molecule has 0 N–H and O–H groups in total. The number of carbonyl (C=O) groups excluding carboxylic acids is 2. The minimum absolute atomic E-state index is 0.235. The summed E-state index contributed by atoms with van der Waals surface area (Å²) >= 11 is 10.6.